The van der Waals surface area contributed by atoms with Crippen LogP contribution in [0.1, 0.15) is 15.9 Å². The highest BCUT2D eigenvalue weighted by atomic mass is 35.5. The Morgan fingerprint density at radius 3 is 2.39 bits per heavy atom. The highest BCUT2D eigenvalue weighted by molar-refractivity contribution is 7.89. The van der Waals surface area contributed by atoms with Gasteiger partial charge in [0.1, 0.15) is 5.82 Å². The van der Waals surface area contributed by atoms with Crippen LogP contribution >= 0.6 is 11.6 Å². The van der Waals surface area contributed by atoms with Crippen LogP contribution in [0.2, 0.25) is 5.02 Å². The molecule has 0 aromatic heterocycles. The van der Waals surface area contributed by atoms with Crippen LogP contribution in [0.25, 0.3) is 0 Å². The lowest BCUT2D eigenvalue weighted by Gasteiger charge is -2.31. The standard InChI is InChI=1S/C19H21ClFN3O3S/c1-23-8-10-24(11-9-23)28(26,27)16-6-7-18(20)17(12-16)19(25)22-13-14-2-4-15(21)5-3-14/h2-7,12H,8-11,13H2,1H3,(H,22,25). The van der Waals surface area contributed by atoms with Crippen molar-refractivity contribution in [1.82, 2.24) is 14.5 Å². The topological polar surface area (TPSA) is 69.7 Å². The zero-order valence-electron chi connectivity index (χ0n) is 15.4. The Bertz CT molecular complexity index is 959. The molecule has 3 rings (SSSR count). The minimum Gasteiger partial charge on any atom is -0.348 e. The van der Waals surface area contributed by atoms with Crippen LogP contribution in [-0.2, 0) is 16.6 Å². The highest BCUT2D eigenvalue weighted by Crippen LogP contribution is 2.24. The summed E-state index contributed by atoms with van der Waals surface area (Å²) in [5, 5.41) is 2.84. The van der Waals surface area contributed by atoms with Crippen molar-refractivity contribution in [2.24, 2.45) is 0 Å². The van der Waals surface area contributed by atoms with Gasteiger partial charge in [-0.15, -0.1) is 0 Å². The van der Waals surface area contributed by atoms with Gasteiger partial charge in [-0.1, -0.05) is 23.7 Å². The number of piperazine rings is 1. The van der Waals surface area contributed by atoms with Crippen molar-refractivity contribution in [3.05, 3.63) is 64.4 Å². The number of carbonyl (C=O) groups excluding carboxylic acids is 1. The fourth-order valence-electron chi connectivity index (χ4n) is 2.90. The highest BCUT2D eigenvalue weighted by Gasteiger charge is 2.28. The first-order valence-electron chi connectivity index (χ1n) is 8.78. The van der Waals surface area contributed by atoms with E-state index in [0.717, 1.165) is 0 Å². The van der Waals surface area contributed by atoms with Crippen molar-refractivity contribution < 1.29 is 17.6 Å². The van der Waals surface area contributed by atoms with Gasteiger partial charge in [0.25, 0.3) is 5.91 Å². The maximum atomic E-state index is 13.0. The molecule has 1 N–H and O–H groups in total. The third-order valence-corrected chi connectivity index (χ3v) is 6.87. The van der Waals surface area contributed by atoms with Crippen LogP contribution < -0.4 is 5.32 Å². The molecule has 9 heteroatoms. The van der Waals surface area contributed by atoms with E-state index in [1.807, 2.05) is 7.05 Å². The van der Waals surface area contributed by atoms with Crippen molar-refractivity contribution in [2.45, 2.75) is 11.4 Å². The number of rotatable bonds is 5. The average Bonchev–Trinajstić information content (AvgIpc) is 2.68. The molecule has 0 aliphatic carbocycles. The Hall–Kier alpha value is -2.00. The molecule has 28 heavy (non-hydrogen) atoms. The molecule has 2 aromatic rings. The summed E-state index contributed by atoms with van der Waals surface area (Å²) in [6.07, 6.45) is 0. The number of hydrogen-bond acceptors (Lipinski definition) is 4. The number of amides is 1. The molecule has 1 aliphatic rings. The van der Waals surface area contributed by atoms with Crippen LogP contribution in [0.3, 0.4) is 0 Å². The summed E-state index contributed by atoms with van der Waals surface area (Å²) in [4.78, 5) is 14.6. The molecule has 2 aromatic carbocycles. The Labute approximate surface area is 168 Å². The summed E-state index contributed by atoms with van der Waals surface area (Å²) in [7, 11) is -1.76. The van der Waals surface area contributed by atoms with Gasteiger partial charge in [-0.25, -0.2) is 12.8 Å². The molecule has 1 heterocycles. The van der Waals surface area contributed by atoms with Crippen LogP contribution in [0.15, 0.2) is 47.4 Å². The minimum atomic E-state index is -3.70. The molecule has 0 spiro atoms. The molecule has 6 nitrogen and oxygen atoms in total. The van der Waals surface area contributed by atoms with E-state index in [1.54, 1.807) is 12.1 Å². The van der Waals surface area contributed by atoms with Gasteiger partial charge in [0, 0.05) is 32.7 Å². The van der Waals surface area contributed by atoms with Crippen molar-refractivity contribution in [1.29, 1.82) is 0 Å². The fourth-order valence-corrected chi connectivity index (χ4v) is 4.55. The van der Waals surface area contributed by atoms with E-state index in [0.29, 0.717) is 31.7 Å². The Morgan fingerprint density at radius 1 is 1.11 bits per heavy atom. The second kappa shape index (κ2) is 8.57. The predicted octanol–water partition coefficient (Wildman–Crippen LogP) is 2.35. The monoisotopic (exact) mass is 425 g/mol. The molecular weight excluding hydrogens is 405 g/mol. The minimum absolute atomic E-state index is 0.0355. The molecule has 0 saturated carbocycles. The predicted molar refractivity (Wildman–Crippen MR) is 105 cm³/mol. The molecule has 1 amide bonds. The summed E-state index contributed by atoms with van der Waals surface area (Å²) in [5.74, 6) is -0.857. The van der Waals surface area contributed by atoms with Crippen LogP contribution in [0.5, 0.6) is 0 Å². The van der Waals surface area contributed by atoms with E-state index in [4.69, 9.17) is 11.6 Å². The smallest absolute Gasteiger partial charge is 0.253 e. The molecule has 0 unspecified atom stereocenters. The van der Waals surface area contributed by atoms with E-state index in [2.05, 4.69) is 10.2 Å². The molecule has 150 valence electrons. The molecule has 0 atom stereocenters. The van der Waals surface area contributed by atoms with Gasteiger partial charge >= 0.3 is 0 Å². The lowest BCUT2D eigenvalue weighted by molar-refractivity contribution is 0.0951. The summed E-state index contributed by atoms with van der Waals surface area (Å²) >= 11 is 6.12. The van der Waals surface area contributed by atoms with E-state index in [9.17, 15) is 17.6 Å². The van der Waals surface area contributed by atoms with E-state index < -0.39 is 15.9 Å². The van der Waals surface area contributed by atoms with Gasteiger partial charge < -0.3 is 10.2 Å². The molecule has 0 bridgehead atoms. The number of halogens is 2. The molecular formula is C19H21ClFN3O3S. The van der Waals surface area contributed by atoms with Crippen molar-refractivity contribution >= 4 is 27.5 Å². The first-order chi connectivity index (χ1) is 13.3. The lowest BCUT2D eigenvalue weighted by atomic mass is 10.2. The van der Waals surface area contributed by atoms with Gasteiger partial charge in [0.15, 0.2) is 0 Å². The van der Waals surface area contributed by atoms with Crippen LogP contribution in [0.4, 0.5) is 4.39 Å². The van der Waals surface area contributed by atoms with Crippen LogP contribution in [-0.4, -0.2) is 56.8 Å². The maximum absolute atomic E-state index is 13.0. The van der Waals surface area contributed by atoms with Gasteiger partial charge in [-0.3, -0.25) is 4.79 Å². The van der Waals surface area contributed by atoms with Gasteiger partial charge in [0.05, 0.1) is 15.5 Å². The van der Waals surface area contributed by atoms with Gasteiger partial charge in [-0.05, 0) is 42.9 Å². The first kappa shape index (κ1) is 20.7. The lowest BCUT2D eigenvalue weighted by Crippen LogP contribution is -2.47. The SMILES string of the molecule is CN1CCN(S(=O)(=O)c2ccc(Cl)c(C(=O)NCc3ccc(F)cc3)c2)CC1. The molecule has 0 radical (unpaired) electrons. The van der Waals surface area contributed by atoms with Crippen molar-refractivity contribution in [3.63, 3.8) is 0 Å². The normalized spacial score (nSPS) is 16.1. The third-order valence-electron chi connectivity index (χ3n) is 4.65. The van der Waals surface area contributed by atoms with Crippen LogP contribution in [0, 0.1) is 5.82 Å². The average molecular weight is 426 g/mol. The van der Waals surface area contributed by atoms with E-state index in [1.165, 1.54) is 34.6 Å². The first-order valence-corrected chi connectivity index (χ1v) is 10.6. The van der Waals surface area contributed by atoms with E-state index >= 15 is 0 Å². The van der Waals surface area contributed by atoms with Crippen molar-refractivity contribution in [2.75, 3.05) is 33.2 Å². The largest absolute Gasteiger partial charge is 0.348 e. The number of sulfonamides is 1. The Morgan fingerprint density at radius 2 is 1.75 bits per heavy atom. The maximum Gasteiger partial charge on any atom is 0.253 e. The summed E-state index contributed by atoms with van der Waals surface area (Å²) < 4.78 is 40.2. The quantitative estimate of drug-likeness (QED) is 0.798. The Kier molecular flexibility index (Phi) is 6.34. The third kappa shape index (κ3) is 4.70. The zero-order chi connectivity index (χ0) is 20.3. The van der Waals surface area contributed by atoms with Gasteiger partial charge in [-0.2, -0.15) is 4.31 Å². The number of hydrogen-bond donors (Lipinski definition) is 1. The van der Waals surface area contributed by atoms with E-state index in [-0.39, 0.29) is 27.8 Å². The van der Waals surface area contributed by atoms with Gasteiger partial charge in [0.2, 0.25) is 10.0 Å². The number of carbonyl (C=O) groups is 1. The zero-order valence-corrected chi connectivity index (χ0v) is 16.9. The number of benzene rings is 2. The number of nitrogens with one attached hydrogen (secondary N) is 1. The summed E-state index contributed by atoms with van der Waals surface area (Å²) in [5.41, 5.74) is 0.797. The second-order valence-electron chi connectivity index (χ2n) is 6.66. The second-order valence-corrected chi connectivity index (χ2v) is 9.00. The number of likely N-dealkylation sites (N-methyl/N-ethyl adjacent to an activating group) is 1. The number of nitrogens with zero attached hydrogens (tertiary/aromatic N) is 2. The fraction of sp³-hybridized carbons (Fsp3) is 0.316. The molecule has 1 saturated heterocycles. The summed E-state index contributed by atoms with van der Waals surface area (Å²) in [6.45, 7) is 2.27. The molecule has 1 fully saturated rings. The summed E-state index contributed by atoms with van der Waals surface area (Å²) in [6, 6.07) is 9.85. The Balaban J connectivity index is 1.76. The molecule has 1 aliphatic heterocycles. The van der Waals surface area contributed by atoms with Crippen molar-refractivity contribution in [3.8, 4) is 0 Å².